The highest BCUT2D eigenvalue weighted by molar-refractivity contribution is 7.89. The van der Waals surface area contributed by atoms with Gasteiger partial charge in [-0.3, -0.25) is 9.59 Å². The number of sulfonamides is 1. The number of aryl methyl sites for hydroxylation is 1. The van der Waals surface area contributed by atoms with Gasteiger partial charge in [0, 0.05) is 37.3 Å². The number of anilines is 2. The number of carbonyl (C=O) groups excluding carboxylic acids is 2. The summed E-state index contributed by atoms with van der Waals surface area (Å²) >= 11 is 0. The quantitative estimate of drug-likeness (QED) is 0.734. The molecule has 0 radical (unpaired) electrons. The second kappa shape index (κ2) is 9.40. The van der Waals surface area contributed by atoms with Gasteiger partial charge in [-0.1, -0.05) is 30.2 Å². The van der Waals surface area contributed by atoms with E-state index in [-0.39, 0.29) is 29.2 Å². The Morgan fingerprint density at radius 3 is 2.37 bits per heavy atom. The van der Waals surface area contributed by atoms with Gasteiger partial charge in [-0.2, -0.15) is 4.31 Å². The minimum atomic E-state index is -3.66. The van der Waals surface area contributed by atoms with Gasteiger partial charge in [-0.25, -0.2) is 8.42 Å². The van der Waals surface area contributed by atoms with E-state index < -0.39 is 10.0 Å². The number of nitrogens with one attached hydrogen (secondary N) is 2. The first-order valence-electron chi connectivity index (χ1n) is 10.0. The van der Waals surface area contributed by atoms with Crippen LogP contribution in [0.4, 0.5) is 11.4 Å². The number of hydrogen-bond acceptors (Lipinski definition) is 4. The van der Waals surface area contributed by atoms with Crippen LogP contribution in [0.1, 0.15) is 38.2 Å². The molecule has 1 aliphatic rings. The lowest BCUT2D eigenvalue weighted by Crippen LogP contribution is -2.45. The van der Waals surface area contributed by atoms with Crippen LogP contribution in [-0.2, 0) is 19.6 Å². The molecule has 0 saturated carbocycles. The minimum Gasteiger partial charge on any atom is -0.326 e. The number of rotatable bonds is 6. The first-order valence-corrected chi connectivity index (χ1v) is 11.5. The molecule has 1 heterocycles. The normalized spacial score (nSPS) is 17.3. The maximum atomic E-state index is 13.2. The van der Waals surface area contributed by atoms with Crippen LogP contribution in [0.15, 0.2) is 53.4 Å². The molecule has 0 spiro atoms. The van der Waals surface area contributed by atoms with Gasteiger partial charge < -0.3 is 10.6 Å². The van der Waals surface area contributed by atoms with Gasteiger partial charge in [0.25, 0.3) is 0 Å². The van der Waals surface area contributed by atoms with Crippen molar-refractivity contribution in [1.82, 2.24) is 4.31 Å². The lowest BCUT2D eigenvalue weighted by molar-refractivity contribution is -0.117. The number of amides is 2. The third kappa shape index (κ3) is 5.46. The second-order valence-corrected chi connectivity index (χ2v) is 9.48. The minimum absolute atomic E-state index is 0.0788. The van der Waals surface area contributed by atoms with Crippen LogP contribution in [0.25, 0.3) is 0 Å². The van der Waals surface area contributed by atoms with Crippen molar-refractivity contribution in [2.75, 3.05) is 17.2 Å². The van der Waals surface area contributed by atoms with Gasteiger partial charge in [-0.15, -0.1) is 0 Å². The highest BCUT2D eigenvalue weighted by atomic mass is 32.2. The molecule has 1 aliphatic heterocycles. The fraction of sp³-hybridized carbons (Fsp3) is 0.364. The summed E-state index contributed by atoms with van der Waals surface area (Å²) in [6.07, 6.45) is 2.39. The van der Waals surface area contributed by atoms with Gasteiger partial charge in [0.2, 0.25) is 21.8 Å². The molecule has 3 rings (SSSR count). The maximum absolute atomic E-state index is 13.2. The summed E-state index contributed by atoms with van der Waals surface area (Å²) in [6, 6.07) is 13.3. The predicted octanol–water partition coefficient (Wildman–Crippen LogP) is 3.53. The third-order valence-electron chi connectivity index (χ3n) is 5.09. The summed E-state index contributed by atoms with van der Waals surface area (Å²) in [5, 5.41) is 5.48. The van der Waals surface area contributed by atoms with Gasteiger partial charge in [-0.05, 0) is 50.1 Å². The lowest BCUT2D eigenvalue weighted by atomic mass is 10.0. The van der Waals surface area contributed by atoms with Gasteiger partial charge in [0.15, 0.2) is 0 Å². The Kier molecular flexibility index (Phi) is 6.89. The van der Waals surface area contributed by atoms with Gasteiger partial charge in [0.05, 0.1) is 4.90 Å². The smallest absolute Gasteiger partial charge is 0.243 e. The molecule has 7 nitrogen and oxygen atoms in total. The summed E-state index contributed by atoms with van der Waals surface area (Å²) in [4.78, 5) is 24.1. The third-order valence-corrected chi connectivity index (χ3v) is 7.05. The standard InChI is InChI=1S/C22H27N3O4S/c1-16-9-11-21(12-10-16)30(28,29)25-13-4-3-8-20(25)15-22(27)24-19-7-5-6-18(14-19)23-17(2)26/h5-7,9-12,14,20H,3-4,8,13,15H2,1-2H3,(H,23,26)(H,24,27)/t20-/m0/s1. The molecule has 8 heteroatoms. The van der Waals surface area contributed by atoms with Crippen molar-refractivity contribution in [3.8, 4) is 0 Å². The zero-order valence-electron chi connectivity index (χ0n) is 17.2. The van der Waals surface area contributed by atoms with Crippen LogP contribution in [0.5, 0.6) is 0 Å². The Labute approximate surface area is 177 Å². The fourth-order valence-corrected chi connectivity index (χ4v) is 5.34. The molecule has 2 aromatic carbocycles. The average Bonchev–Trinajstić information content (AvgIpc) is 2.68. The van der Waals surface area contributed by atoms with E-state index in [4.69, 9.17) is 0 Å². The Hall–Kier alpha value is -2.71. The first kappa shape index (κ1) is 22.0. The molecule has 1 saturated heterocycles. The summed E-state index contributed by atoms with van der Waals surface area (Å²) in [7, 11) is -3.66. The zero-order chi connectivity index (χ0) is 21.7. The van der Waals surface area contributed by atoms with Crippen LogP contribution >= 0.6 is 0 Å². The Morgan fingerprint density at radius 2 is 1.70 bits per heavy atom. The topological polar surface area (TPSA) is 95.6 Å². The molecule has 30 heavy (non-hydrogen) atoms. The van der Waals surface area contributed by atoms with Crippen molar-refractivity contribution in [2.24, 2.45) is 0 Å². The van der Waals surface area contributed by atoms with Gasteiger partial charge in [0.1, 0.15) is 0 Å². The van der Waals surface area contributed by atoms with Crippen molar-refractivity contribution in [3.63, 3.8) is 0 Å². The lowest BCUT2D eigenvalue weighted by Gasteiger charge is -2.34. The molecule has 0 unspecified atom stereocenters. The molecule has 1 atom stereocenters. The molecular weight excluding hydrogens is 402 g/mol. The summed E-state index contributed by atoms with van der Waals surface area (Å²) in [5.41, 5.74) is 2.13. The van der Waals surface area contributed by atoms with Crippen molar-refractivity contribution >= 4 is 33.2 Å². The fourth-order valence-electron chi connectivity index (χ4n) is 3.64. The van der Waals surface area contributed by atoms with Crippen molar-refractivity contribution in [1.29, 1.82) is 0 Å². The Morgan fingerprint density at radius 1 is 1.03 bits per heavy atom. The van der Waals surface area contributed by atoms with E-state index in [9.17, 15) is 18.0 Å². The van der Waals surface area contributed by atoms with E-state index in [1.165, 1.54) is 11.2 Å². The molecule has 2 amide bonds. The number of hydrogen-bond donors (Lipinski definition) is 2. The van der Waals surface area contributed by atoms with Gasteiger partial charge >= 0.3 is 0 Å². The SMILES string of the molecule is CC(=O)Nc1cccc(NC(=O)C[C@@H]2CCCCN2S(=O)(=O)c2ccc(C)cc2)c1. The molecule has 2 aromatic rings. The summed E-state index contributed by atoms with van der Waals surface area (Å²) < 4.78 is 27.8. The zero-order valence-corrected chi connectivity index (χ0v) is 18.0. The van der Waals surface area contributed by atoms with E-state index in [1.807, 2.05) is 6.92 Å². The molecule has 0 bridgehead atoms. The number of benzene rings is 2. The molecule has 0 aromatic heterocycles. The van der Waals surface area contributed by atoms with E-state index in [0.29, 0.717) is 24.3 Å². The molecule has 160 valence electrons. The second-order valence-electron chi connectivity index (χ2n) is 7.59. The monoisotopic (exact) mass is 429 g/mol. The summed E-state index contributed by atoms with van der Waals surface area (Å²) in [6.45, 7) is 3.73. The number of nitrogens with zero attached hydrogens (tertiary/aromatic N) is 1. The van der Waals surface area contributed by atoms with E-state index in [2.05, 4.69) is 10.6 Å². The van der Waals surface area contributed by atoms with Crippen molar-refractivity contribution < 1.29 is 18.0 Å². The van der Waals surface area contributed by atoms with E-state index in [1.54, 1.807) is 48.5 Å². The molecule has 2 N–H and O–H groups in total. The average molecular weight is 430 g/mol. The van der Waals surface area contributed by atoms with Crippen LogP contribution < -0.4 is 10.6 Å². The first-order chi connectivity index (χ1) is 14.3. The van der Waals surface area contributed by atoms with Crippen molar-refractivity contribution in [2.45, 2.75) is 50.5 Å². The molecule has 0 aliphatic carbocycles. The Balaban J connectivity index is 1.71. The predicted molar refractivity (Wildman–Crippen MR) is 117 cm³/mol. The van der Waals surface area contributed by atoms with E-state index >= 15 is 0 Å². The largest absolute Gasteiger partial charge is 0.326 e. The van der Waals surface area contributed by atoms with Crippen LogP contribution in [0, 0.1) is 6.92 Å². The Bertz CT molecular complexity index is 1020. The number of carbonyl (C=O) groups is 2. The van der Waals surface area contributed by atoms with Crippen LogP contribution in [0.3, 0.4) is 0 Å². The van der Waals surface area contributed by atoms with Crippen LogP contribution in [0.2, 0.25) is 0 Å². The maximum Gasteiger partial charge on any atom is 0.243 e. The molecule has 1 fully saturated rings. The summed E-state index contributed by atoms with van der Waals surface area (Å²) in [5.74, 6) is -0.455. The molecular formula is C22H27N3O4S. The van der Waals surface area contributed by atoms with Crippen molar-refractivity contribution in [3.05, 3.63) is 54.1 Å². The highest BCUT2D eigenvalue weighted by Crippen LogP contribution is 2.28. The number of piperidine rings is 1. The highest BCUT2D eigenvalue weighted by Gasteiger charge is 2.34. The van der Waals surface area contributed by atoms with E-state index in [0.717, 1.165) is 18.4 Å². The van der Waals surface area contributed by atoms with Crippen LogP contribution in [-0.4, -0.2) is 37.1 Å².